The maximum atomic E-state index is 11.8. The Balaban J connectivity index is 4.55. The molecule has 106 valence electrons. The van der Waals surface area contributed by atoms with Gasteiger partial charge in [0.25, 0.3) is 0 Å². The topological polar surface area (TPSA) is 89.5 Å². The van der Waals surface area contributed by atoms with Crippen LogP contribution >= 0.6 is 0 Å². The molecule has 0 spiro atoms. The summed E-state index contributed by atoms with van der Waals surface area (Å²) >= 11 is 0. The summed E-state index contributed by atoms with van der Waals surface area (Å²) in [5.74, 6) is -1.60. The molecule has 6 nitrogen and oxygen atoms in total. The van der Waals surface area contributed by atoms with Crippen LogP contribution < -0.4 is 5.32 Å². The van der Waals surface area contributed by atoms with Gasteiger partial charge in [0.1, 0.15) is 6.04 Å². The number of ether oxygens (including phenoxy) is 1. The van der Waals surface area contributed by atoms with Crippen molar-refractivity contribution in [2.24, 2.45) is 0 Å². The SMILES string of the molecule is CCCCCS(=O)(=O)CC(NC(C)=O)C(=O)OC. The molecular weight excluding hydrogens is 258 g/mol. The Morgan fingerprint density at radius 1 is 1.28 bits per heavy atom. The summed E-state index contributed by atoms with van der Waals surface area (Å²) in [7, 11) is -2.22. The molecule has 1 N–H and O–H groups in total. The average molecular weight is 279 g/mol. The maximum absolute atomic E-state index is 11.8. The number of amides is 1. The second kappa shape index (κ2) is 8.07. The first-order chi connectivity index (χ1) is 8.32. The molecule has 0 aromatic carbocycles. The Bertz CT molecular complexity index is 377. The standard InChI is InChI=1S/C11H21NO5S/c1-4-5-6-7-18(15,16)8-10(11(14)17-3)12-9(2)13/h10H,4-8H2,1-3H3,(H,12,13). The fourth-order valence-electron chi connectivity index (χ4n) is 1.47. The number of sulfone groups is 1. The molecule has 0 radical (unpaired) electrons. The van der Waals surface area contributed by atoms with Crippen molar-refractivity contribution < 1.29 is 22.7 Å². The Hall–Kier alpha value is -1.11. The molecule has 0 heterocycles. The van der Waals surface area contributed by atoms with Gasteiger partial charge in [0.2, 0.25) is 5.91 Å². The Morgan fingerprint density at radius 3 is 2.33 bits per heavy atom. The van der Waals surface area contributed by atoms with Crippen LogP contribution in [0.4, 0.5) is 0 Å². The first-order valence-electron chi connectivity index (χ1n) is 5.87. The van der Waals surface area contributed by atoms with Gasteiger partial charge in [-0.2, -0.15) is 0 Å². The third-order valence-electron chi connectivity index (χ3n) is 2.34. The van der Waals surface area contributed by atoms with Crippen molar-refractivity contribution in [1.82, 2.24) is 5.32 Å². The van der Waals surface area contributed by atoms with E-state index in [1.807, 2.05) is 6.92 Å². The second-order valence-corrected chi connectivity index (χ2v) is 6.33. The molecule has 18 heavy (non-hydrogen) atoms. The quantitative estimate of drug-likeness (QED) is 0.509. The molecule has 0 aromatic heterocycles. The van der Waals surface area contributed by atoms with Crippen molar-refractivity contribution in [3.05, 3.63) is 0 Å². The molecule has 0 aliphatic carbocycles. The van der Waals surface area contributed by atoms with Crippen molar-refractivity contribution in [2.75, 3.05) is 18.6 Å². The van der Waals surface area contributed by atoms with E-state index in [0.717, 1.165) is 20.0 Å². The Labute approximate surface area is 108 Å². The van der Waals surface area contributed by atoms with Crippen LogP contribution in [0.1, 0.15) is 33.1 Å². The molecule has 0 saturated heterocycles. The maximum Gasteiger partial charge on any atom is 0.329 e. The van der Waals surface area contributed by atoms with E-state index >= 15 is 0 Å². The summed E-state index contributed by atoms with van der Waals surface area (Å²) in [6, 6.07) is -1.13. The van der Waals surface area contributed by atoms with Crippen LogP contribution in [-0.4, -0.2) is 45.0 Å². The molecule has 1 atom stereocenters. The summed E-state index contributed by atoms with van der Waals surface area (Å²) in [6.45, 7) is 3.20. The largest absolute Gasteiger partial charge is 0.467 e. The van der Waals surface area contributed by atoms with E-state index in [0.29, 0.717) is 6.42 Å². The van der Waals surface area contributed by atoms with Gasteiger partial charge < -0.3 is 10.1 Å². The van der Waals surface area contributed by atoms with E-state index < -0.39 is 33.5 Å². The van der Waals surface area contributed by atoms with Crippen molar-refractivity contribution in [1.29, 1.82) is 0 Å². The lowest BCUT2D eigenvalue weighted by atomic mass is 10.3. The fraction of sp³-hybridized carbons (Fsp3) is 0.818. The molecule has 0 rings (SSSR count). The van der Waals surface area contributed by atoms with Crippen LogP contribution in [0.5, 0.6) is 0 Å². The minimum absolute atomic E-state index is 0.0217. The predicted octanol–water partition coefficient (Wildman–Crippen LogP) is 0.269. The van der Waals surface area contributed by atoms with Gasteiger partial charge in [-0.25, -0.2) is 13.2 Å². The zero-order valence-electron chi connectivity index (χ0n) is 11.1. The lowest BCUT2D eigenvalue weighted by Gasteiger charge is -2.15. The van der Waals surface area contributed by atoms with Gasteiger partial charge in [-0.1, -0.05) is 19.8 Å². The van der Waals surface area contributed by atoms with E-state index in [4.69, 9.17) is 0 Å². The number of esters is 1. The zero-order chi connectivity index (χ0) is 14.2. The van der Waals surface area contributed by atoms with E-state index in [1.165, 1.54) is 6.92 Å². The number of nitrogens with one attached hydrogen (secondary N) is 1. The highest BCUT2D eigenvalue weighted by Crippen LogP contribution is 2.03. The molecule has 0 saturated carbocycles. The molecule has 0 aliphatic heterocycles. The van der Waals surface area contributed by atoms with Gasteiger partial charge in [-0.15, -0.1) is 0 Å². The van der Waals surface area contributed by atoms with E-state index in [-0.39, 0.29) is 5.75 Å². The van der Waals surface area contributed by atoms with Crippen LogP contribution in [0.3, 0.4) is 0 Å². The number of unbranched alkanes of at least 4 members (excludes halogenated alkanes) is 2. The van der Waals surface area contributed by atoms with E-state index in [2.05, 4.69) is 10.1 Å². The monoisotopic (exact) mass is 279 g/mol. The average Bonchev–Trinajstić information content (AvgIpc) is 2.26. The number of rotatable bonds is 8. The predicted molar refractivity (Wildman–Crippen MR) is 67.8 cm³/mol. The minimum Gasteiger partial charge on any atom is -0.467 e. The van der Waals surface area contributed by atoms with Crippen molar-refractivity contribution >= 4 is 21.7 Å². The second-order valence-electron chi connectivity index (χ2n) is 4.10. The van der Waals surface area contributed by atoms with Crippen LogP contribution in [0, 0.1) is 0 Å². The molecular formula is C11H21NO5S. The third kappa shape index (κ3) is 7.26. The molecule has 0 bridgehead atoms. The van der Waals surface area contributed by atoms with Gasteiger partial charge in [-0.3, -0.25) is 4.79 Å². The summed E-state index contributed by atoms with van der Waals surface area (Å²) in [4.78, 5) is 22.3. The highest BCUT2D eigenvalue weighted by molar-refractivity contribution is 7.91. The Kier molecular flexibility index (Phi) is 7.58. The number of hydrogen-bond acceptors (Lipinski definition) is 5. The molecule has 0 fully saturated rings. The normalized spacial score (nSPS) is 12.8. The summed E-state index contributed by atoms with van der Waals surface area (Å²) in [5, 5.41) is 2.28. The van der Waals surface area contributed by atoms with Crippen LogP contribution in [-0.2, 0) is 24.2 Å². The highest BCUT2D eigenvalue weighted by atomic mass is 32.2. The highest BCUT2D eigenvalue weighted by Gasteiger charge is 2.26. The van der Waals surface area contributed by atoms with Crippen molar-refractivity contribution in [3.8, 4) is 0 Å². The summed E-state index contributed by atoms with van der Waals surface area (Å²) < 4.78 is 28.0. The number of carbonyl (C=O) groups is 2. The molecule has 7 heteroatoms. The summed E-state index contributed by atoms with van der Waals surface area (Å²) in [5.41, 5.74) is 0. The van der Waals surface area contributed by atoms with E-state index in [9.17, 15) is 18.0 Å². The molecule has 1 amide bonds. The van der Waals surface area contributed by atoms with Crippen molar-refractivity contribution in [2.45, 2.75) is 39.2 Å². The lowest BCUT2D eigenvalue weighted by molar-refractivity contribution is -0.144. The third-order valence-corrected chi connectivity index (χ3v) is 4.09. The fourth-order valence-corrected chi connectivity index (χ4v) is 3.00. The summed E-state index contributed by atoms with van der Waals surface area (Å²) in [6.07, 6.45) is 2.30. The Morgan fingerprint density at radius 2 is 1.89 bits per heavy atom. The van der Waals surface area contributed by atoms with Crippen LogP contribution in [0.15, 0.2) is 0 Å². The molecule has 1 unspecified atom stereocenters. The van der Waals surface area contributed by atoms with Crippen molar-refractivity contribution in [3.63, 3.8) is 0 Å². The smallest absolute Gasteiger partial charge is 0.329 e. The van der Waals surface area contributed by atoms with Gasteiger partial charge in [0, 0.05) is 6.92 Å². The lowest BCUT2D eigenvalue weighted by Crippen LogP contribution is -2.45. The van der Waals surface area contributed by atoms with Crippen LogP contribution in [0.25, 0.3) is 0 Å². The van der Waals surface area contributed by atoms with E-state index in [1.54, 1.807) is 0 Å². The van der Waals surface area contributed by atoms with Crippen LogP contribution in [0.2, 0.25) is 0 Å². The molecule has 0 aliphatic rings. The number of carbonyl (C=O) groups excluding carboxylic acids is 2. The van der Waals surface area contributed by atoms with Gasteiger partial charge in [0.15, 0.2) is 9.84 Å². The van der Waals surface area contributed by atoms with Gasteiger partial charge in [0.05, 0.1) is 18.6 Å². The first kappa shape index (κ1) is 16.9. The zero-order valence-corrected chi connectivity index (χ0v) is 11.9. The van der Waals surface area contributed by atoms with Gasteiger partial charge >= 0.3 is 5.97 Å². The van der Waals surface area contributed by atoms with Gasteiger partial charge in [-0.05, 0) is 6.42 Å². The number of hydrogen-bond donors (Lipinski definition) is 1. The molecule has 0 aromatic rings. The minimum atomic E-state index is -3.37. The first-order valence-corrected chi connectivity index (χ1v) is 7.70. The number of methoxy groups -OCH3 is 1.